The third-order valence-electron chi connectivity index (χ3n) is 1.39. The Hall–Kier alpha value is 0.110. The van der Waals surface area contributed by atoms with E-state index in [9.17, 15) is 0 Å². The Morgan fingerprint density at radius 3 is 1.83 bits per heavy atom. The molecule has 0 amide bonds. The van der Waals surface area contributed by atoms with Crippen LogP contribution in [0, 0.1) is 0 Å². The van der Waals surface area contributed by atoms with Gasteiger partial charge in [0.15, 0.2) is 7.51 Å². The van der Waals surface area contributed by atoms with E-state index < -0.39 is 7.51 Å². The summed E-state index contributed by atoms with van der Waals surface area (Å²) in [6.45, 7) is 6.15. The fourth-order valence-corrected chi connectivity index (χ4v) is 2.39. The summed E-state index contributed by atoms with van der Waals surface area (Å²) in [5, 5.41) is 3.08. The van der Waals surface area contributed by atoms with E-state index in [0.717, 1.165) is 0 Å². The normalized spacial score (nSPS) is 17.7. The first-order valence-corrected chi connectivity index (χ1v) is 5.76. The third kappa shape index (κ3) is 3.68. The minimum atomic E-state index is -1.94. The summed E-state index contributed by atoms with van der Waals surface area (Å²) in [6.07, 6.45) is 0. The molecule has 0 rings (SSSR count). The van der Waals surface area contributed by atoms with E-state index in [-0.39, 0.29) is 5.54 Å². The van der Waals surface area contributed by atoms with Gasteiger partial charge in [-0.3, -0.25) is 20.0 Å². The van der Waals surface area contributed by atoms with Crippen LogP contribution in [0.25, 0.3) is 0 Å². The molecule has 0 aliphatic carbocycles. The SMILES string of the molecule is CNP(N)(=NC(C)(C)C)N(C)C. The van der Waals surface area contributed by atoms with Crippen LogP contribution in [0.4, 0.5) is 0 Å². The zero-order chi connectivity index (χ0) is 9.99. The van der Waals surface area contributed by atoms with Gasteiger partial charge in [-0.25, -0.2) is 0 Å². The molecule has 0 bridgehead atoms. The first-order chi connectivity index (χ1) is 5.21. The molecule has 5 heteroatoms. The number of nitrogens with zero attached hydrogens (tertiary/aromatic N) is 2. The Labute approximate surface area is 75.7 Å². The van der Waals surface area contributed by atoms with Crippen LogP contribution in [-0.2, 0) is 0 Å². The van der Waals surface area contributed by atoms with Gasteiger partial charge < -0.3 is 0 Å². The fourth-order valence-electron chi connectivity index (χ4n) is 0.797. The van der Waals surface area contributed by atoms with Gasteiger partial charge in [-0.1, -0.05) is 0 Å². The highest BCUT2D eigenvalue weighted by molar-refractivity contribution is 7.59. The van der Waals surface area contributed by atoms with E-state index in [4.69, 9.17) is 5.50 Å². The van der Waals surface area contributed by atoms with Gasteiger partial charge in [0.1, 0.15) is 0 Å². The van der Waals surface area contributed by atoms with Crippen molar-refractivity contribution in [3.05, 3.63) is 0 Å². The van der Waals surface area contributed by atoms with E-state index in [2.05, 4.69) is 30.6 Å². The minimum absolute atomic E-state index is 0.0875. The van der Waals surface area contributed by atoms with Crippen molar-refractivity contribution < 1.29 is 0 Å². The molecule has 74 valence electrons. The Kier molecular flexibility index (Phi) is 3.91. The molecule has 1 unspecified atom stereocenters. The van der Waals surface area contributed by atoms with E-state index in [0.29, 0.717) is 0 Å². The lowest BCUT2D eigenvalue weighted by molar-refractivity contribution is 0.568. The molecule has 0 radical (unpaired) electrons. The number of hydrogen-bond acceptors (Lipinski definition) is 1. The van der Waals surface area contributed by atoms with Crippen LogP contribution >= 0.6 is 7.51 Å². The molecule has 0 saturated heterocycles. The fraction of sp³-hybridized carbons (Fsp3) is 1.00. The second-order valence-corrected chi connectivity index (χ2v) is 6.74. The molecule has 0 heterocycles. The molecular weight excluding hydrogens is 171 g/mol. The molecule has 3 N–H and O–H groups in total. The molecule has 0 aromatic rings. The first kappa shape index (κ1) is 12.1. The molecule has 0 fully saturated rings. The number of hydrogen-bond donors (Lipinski definition) is 2. The lowest BCUT2D eigenvalue weighted by atomic mass is 10.1. The van der Waals surface area contributed by atoms with Gasteiger partial charge in [0, 0.05) is 0 Å². The van der Waals surface area contributed by atoms with E-state index in [1.165, 1.54) is 0 Å². The van der Waals surface area contributed by atoms with E-state index >= 15 is 0 Å². The largest absolute Gasteiger partial charge is 0.273 e. The van der Waals surface area contributed by atoms with Gasteiger partial charge in [-0.05, 0) is 41.9 Å². The van der Waals surface area contributed by atoms with Crippen LogP contribution < -0.4 is 10.6 Å². The second kappa shape index (κ2) is 3.88. The summed E-state index contributed by atoms with van der Waals surface area (Å²) in [7, 11) is 3.80. The maximum absolute atomic E-state index is 6.09. The van der Waals surface area contributed by atoms with Crippen molar-refractivity contribution in [1.29, 1.82) is 0 Å². The molecule has 0 aromatic heterocycles. The lowest BCUT2D eigenvalue weighted by Crippen LogP contribution is -2.27. The topological polar surface area (TPSA) is 53.6 Å². The van der Waals surface area contributed by atoms with Crippen molar-refractivity contribution in [1.82, 2.24) is 9.76 Å². The monoisotopic (exact) mass is 192 g/mol. The number of nitrogens with two attached hydrogens (primary N) is 1. The summed E-state index contributed by atoms with van der Waals surface area (Å²) >= 11 is 0. The van der Waals surface area contributed by atoms with E-state index in [1.54, 1.807) is 0 Å². The number of nitrogens with one attached hydrogen (secondary N) is 1. The molecule has 12 heavy (non-hydrogen) atoms. The van der Waals surface area contributed by atoms with Crippen molar-refractivity contribution in [2.24, 2.45) is 10.2 Å². The Bertz CT molecular complexity index is 192. The van der Waals surface area contributed by atoms with Gasteiger partial charge >= 0.3 is 0 Å². The smallest absolute Gasteiger partial charge is 0.159 e. The Morgan fingerprint density at radius 1 is 1.33 bits per heavy atom. The van der Waals surface area contributed by atoms with Gasteiger partial charge in [0.05, 0.1) is 5.54 Å². The Balaban J connectivity index is 4.87. The van der Waals surface area contributed by atoms with Gasteiger partial charge in [-0.15, -0.1) is 0 Å². The molecule has 0 aliphatic rings. The van der Waals surface area contributed by atoms with Crippen LogP contribution in [0.2, 0.25) is 0 Å². The average Bonchev–Trinajstić information content (AvgIpc) is 1.83. The van der Waals surface area contributed by atoms with Crippen LogP contribution in [0.3, 0.4) is 0 Å². The standard InChI is InChI=1S/C7H21N4P/c1-7(2,3)10-12(8,9-4)11(5)6/h9H,8H2,1-6H3. The van der Waals surface area contributed by atoms with E-state index in [1.807, 2.05) is 25.8 Å². The van der Waals surface area contributed by atoms with Crippen LogP contribution in [0.15, 0.2) is 4.74 Å². The highest BCUT2D eigenvalue weighted by atomic mass is 31.2. The quantitative estimate of drug-likeness (QED) is 0.651. The van der Waals surface area contributed by atoms with Crippen molar-refractivity contribution in [2.75, 3.05) is 21.1 Å². The van der Waals surface area contributed by atoms with Crippen molar-refractivity contribution in [3.8, 4) is 0 Å². The highest BCUT2D eigenvalue weighted by Gasteiger charge is 2.18. The van der Waals surface area contributed by atoms with Gasteiger partial charge in [-0.2, -0.15) is 0 Å². The molecular formula is C7H21N4P. The summed E-state index contributed by atoms with van der Waals surface area (Å²) in [5.41, 5.74) is 6.00. The number of rotatable bonds is 2. The summed E-state index contributed by atoms with van der Waals surface area (Å²) < 4.78 is 6.52. The van der Waals surface area contributed by atoms with Crippen LogP contribution in [0.5, 0.6) is 0 Å². The summed E-state index contributed by atoms with van der Waals surface area (Å²) in [5.74, 6) is 0. The first-order valence-electron chi connectivity index (χ1n) is 4.00. The molecule has 4 nitrogen and oxygen atoms in total. The van der Waals surface area contributed by atoms with Gasteiger partial charge in [0.25, 0.3) is 0 Å². The van der Waals surface area contributed by atoms with Crippen molar-refractivity contribution >= 4 is 7.51 Å². The average molecular weight is 192 g/mol. The zero-order valence-electron chi connectivity index (χ0n) is 8.92. The minimum Gasteiger partial charge on any atom is -0.273 e. The molecule has 1 atom stereocenters. The molecule has 0 aliphatic heterocycles. The van der Waals surface area contributed by atoms with Crippen LogP contribution in [-0.4, -0.2) is 31.4 Å². The zero-order valence-corrected chi connectivity index (χ0v) is 9.81. The molecule has 0 spiro atoms. The third-order valence-corrected chi connectivity index (χ3v) is 4.17. The Morgan fingerprint density at radius 2 is 1.75 bits per heavy atom. The second-order valence-electron chi connectivity index (χ2n) is 3.99. The molecule has 0 aromatic carbocycles. The van der Waals surface area contributed by atoms with Crippen molar-refractivity contribution in [3.63, 3.8) is 0 Å². The lowest BCUT2D eigenvalue weighted by Gasteiger charge is -2.29. The summed E-state index contributed by atoms with van der Waals surface area (Å²) in [4.78, 5) is 0. The van der Waals surface area contributed by atoms with Gasteiger partial charge in [0.2, 0.25) is 0 Å². The maximum atomic E-state index is 6.09. The predicted octanol–water partition coefficient (Wildman–Crippen LogP) is 1.47. The highest BCUT2D eigenvalue weighted by Crippen LogP contribution is 2.40. The van der Waals surface area contributed by atoms with Crippen molar-refractivity contribution in [2.45, 2.75) is 26.3 Å². The van der Waals surface area contributed by atoms with Crippen LogP contribution in [0.1, 0.15) is 20.8 Å². The predicted molar refractivity (Wildman–Crippen MR) is 56.0 cm³/mol. The maximum Gasteiger partial charge on any atom is 0.159 e. The summed E-state index contributed by atoms with van der Waals surface area (Å²) in [6, 6.07) is 0. The molecule has 0 saturated carbocycles.